The topological polar surface area (TPSA) is 46.5 Å². The second kappa shape index (κ2) is 12.8. The molecule has 0 saturated heterocycles. The number of carbonyl (C=O) groups is 1. The van der Waals surface area contributed by atoms with E-state index in [0.29, 0.717) is 18.1 Å². The molecule has 2 atom stereocenters. The molecule has 2 unspecified atom stereocenters. The van der Waals surface area contributed by atoms with Crippen LogP contribution in [0.1, 0.15) is 56.6 Å². The summed E-state index contributed by atoms with van der Waals surface area (Å²) in [7, 11) is 0. The van der Waals surface area contributed by atoms with E-state index in [1.54, 1.807) is 6.07 Å². The van der Waals surface area contributed by atoms with Crippen molar-refractivity contribution in [2.75, 3.05) is 6.61 Å². The molecule has 0 aliphatic heterocycles. The molecule has 3 nitrogen and oxygen atoms in total. The van der Waals surface area contributed by atoms with Gasteiger partial charge >= 0.3 is 12.1 Å². The Kier molecular flexibility index (Phi) is 11.2. The van der Waals surface area contributed by atoms with E-state index in [1.807, 2.05) is 19.1 Å². The summed E-state index contributed by atoms with van der Waals surface area (Å²) < 4.78 is 43.1. The van der Waals surface area contributed by atoms with Crippen LogP contribution in [-0.2, 0) is 22.3 Å². The van der Waals surface area contributed by atoms with Crippen molar-refractivity contribution in [3.8, 4) is 0 Å². The SMILES string of the molecule is C/C=C\CCCC(=O)O.FC(F)(F)c1cccc(COCC2CCC(Cl)C2)c1. The van der Waals surface area contributed by atoms with Crippen molar-refractivity contribution in [3.05, 3.63) is 47.5 Å². The van der Waals surface area contributed by atoms with Gasteiger partial charge in [0.2, 0.25) is 0 Å². The smallest absolute Gasteiger partial charge is 0.416 e. The fourth-order valence-corrected chi connectivity index (χ4v) is 3.26. The Morgan fingerprint density at radius 1 is 1.36 bits per heavy atom. The number of rotatable bonds is 8. The van der Waals surface area contributed by atoms with E-state index < -0.39 is 17.7 Å². The Labute approximate surface area is 169 Å². The first-order chi connectivity index (χ1) is 13.2. The van der Waals surface area contributed by atoms with Gasteiger partial charge in [0.15, 0.2) is 0 Å². The van der Waals surface area contributed by atoms with E-state index >= 15 is 0 Å². The zero-order valence-corrected chi connectivity index (χ0v) is 16.8. The first kappa shape index (κ1) is 24.5. The van der Waals surface area contributed by atoms with Crippen LogP contribution in [0.25, 0.3) is 0 Å². The molecule has 1 aromatic carbocycles. The number of benzene rings is 1. The van der Waals surface area contributed by atoms with Gasteiger partial charge in [-0.25, -0.2) is 0 Å². The molecule has 0 spiro atoms. The molecule has 28 heavy (non-hydrogen) atoms. The van der Waals surface area contributed by atoms with Crippen LogP contribution in [0.15, 0.2) is 36.4 Å². The van der Waals surface area contributed by atoms with Crippen molar-refractivity contribution in [2.24, 2.45) is 5.92 Å². The number of aliphatic carboxylic acids is 1. The summed E-state index contributed by atoms with van der Waals surface area (Å²) in [4.78, 5) is 9.94. The van der Waals surface area contributed by atoms with Crippen LogP contribution in [0.2, 0.25) is 0 Å². The molecule has 1 saturated carbocycles. The minimum Gasteiger partial charge on any atom is -0.481 e. The lowest BCUT2D eigenvalue weighted by molar-refractivity contribution is -0.138. The average molecular weight is 421 g/mol. The summed E-state index contributed by atoms with van der Waals surface area (Å²) in [6, 6.07) is 5.26. The van der Waals surface area contributed by atoms with Crippen molar-refractivity contribution in [1.82, 2.24) is 0 Å². The monoisotopic (exact) mass is 420 g/mol. The summed E-state index contributed by atoms with van der Waals surface area (Å²) >= 11 is 5.99. The summed E-state index contributed by atoms with van der Waals surface area (Å²) in [5.74, 6) is -0.271. The Balaban J connectivity index is 0.000000370. The number of carboxylic acid groups (broad SMARTS) is 1. The van der Waals surface area contributed by atoms with E-state index in [1.165, 1.54) is 6.07 Å². The number of hydrogen-bond acceptors (Lipinski definition) is 2. The predicted molar refractivity (Wildman–Crippen MR) is 104 cm³/mol. The van der Waals surface area contributed by atoms with Crippen molar-refractivity contribution in [1.29, 1.82) is 0 Å². The largest absolute Gasteiger partial charge is 0.481 e. The molecule has 1 fully saturated rings. The van der Waals surface area contributed by atoms with Gasteiger partial charge in [-0.05, 0) is 62.6 Å². The van der Waals surface area contributed by atoms with Crippen LogP contribution in [0.5, 0.6) is 0 Å². The van der Waals surface area contributed by atoms with Crippen LogP contribution in [0, 0.1) is 5.92 Å². The van der Waals surface area contributed by atoms with Gasteiger partial charge in [0, 0.05) is 18.4 Å². The molecule has 2 rings (SSSR count). The number of allylic oxidation sites excluding steroid dienone is 2. The first-order valence-electron chi connectivity index (χ1n) is 9.43. The fourth-order valence-electron chi connectivity index (χ4n) is 2.88. The van der Waals surface area contributed by atoms with Gasteiger partial charge in [-0.2, -0.15) is 13.2 Å². The molecule has 0 aromatic heterocycles. The minimum absolute atomic E-state index is 0.216. The Morgan fingerprint density at radius 2 is 2.11 bits per heavy atom. The zero-order valence-electron chi connectivity index (χ0n) is 16.1. The maximum absolute atomic E-state index is 12.5. The zero-order chi connectivity index (χ0) is 21.0. The van der Waals surface area contributed by atoms with Crippen LogP contribution < -0.4 is 0 Å². The summed E-state index contributed by atoms with van der Waals surface area (Å²) in [6.45, 7) is 2.72. The minimum atomic E-state index is -4.30. The molecule has 0 heterocycles. The Bertz CT molecular complexity index is 617. The number of unbranched alkanes of at least 4 members (excludes halogenated alkanes) is 1. The number of ether oxygens (including phenoxy) is 1. The Hall–Kier alpha value is -1.53. The molecule has 1 aromatic rings. The lowest BCUT2D eigenvalue weighted by atomic mass is 10.1. The van der Waals surface area contributed by atoms with Gasteiger partial charge in [-0.3, -0.25) is 4.79 Å². The third-order valence-corrected chi connectivity index (χ3v) is 4.75. The number of alkyl halides is 4. The van der Waals surface area contributed by atoms with E-state index in [-0.39, 0.29) is 18.4 Å². The van der Waals surface area contributed by atoms with Crippen LogP contribution >= 0.6 is 11.6 Å². The summed E-state index contributed by atoms with van der Waals surface area (Å²) in [5, 5.41) is 8.41. The van der Waals surface area contributed by atoms with Crippen molar-refractivity contribution in [2.45, 2.75) is 63.6 Å². The number of carboxylic acids is 1. The third kappa shape index (κ3) is 10.7. The van der Waals surface area contributed by atoms with Gasteiger partial charge in [0.05, 0.1) is 12.2 Å². The second-order valence-electron chi connectivity index (χ2n) is 6.84. The maximum Gasteiger partial charge on any atom is 0.416 e. The van der Waals surface area contributed by atoms with Crippen molar-refractivity contribution in [3.63, 3.8) is 0 Å². The first-order valence-corrected chi connectivity index (χ1v) is 9.87. The quantitative estimate of drug-likeness (QED) is 0.299. The molecule has 1 N–H and O–H groups in total. The highest BCUT2D eigenvalue weighted by Gasteiger charge is 2.30. The highest BCUT2D eigenvalue weighted by atomic mass is 35.5. The molecule has 158 valence electrons. The van der Waals surface area contributed by atoms with Crippen molar-refractivity contribution < 1.29 is 27.8 Å². The molecule has 0 amide bonds. The van der Waals surface area contributed by atoms with Crippen LogP contribution in [0.3, 0.4) is 0 Å². The summed E-state index contributed by atoms with van der Waals surface area (Å²) in [5.41, 5.74) is -0.0782. The van der Waals surface area contributed by atoms with Crippen LogP contribution in [0.4, 0.5) is 13.2 Å². The standard InChI is InChI=1S/C14H16ClF3O.C7H12O2/c15-13-5-4-11(7-13)9-19-8-10-2-1-3-12(6-10)14(16,17)18;1-2-3-4-5-6-7(8)9/h1-3,6,11,13H,4-5,7-9H2;2-3H,4-6H2,1H3,(H,8,9)/b;3-2-. The van der Waals surface area contributed by atoms with Gasteiger partial charge in [0.1, 0.15) is 0 Å². The molecule has 0 radical (unpaired) electrons. The maximum atomic E-state index is 12.5. The molecule has 1 aliphatic rings. The lowest BCUT2D eigenvalue weighted by Crippen LogP contribution is -2.08. The predicted octanol–water partition coefficient (Wildman–Crippen LogP) is 6.45. The highest BCUT2D eigenvalue weighted by molar-refractivity contribution is 6.20. The lowest BCUT2D eigenvalue weighted by Gasteiger charge is -2.11. The summed E-state index contributed by atoms with van der Waals surface area (Å²) in [6.07, 6.45) is 4.49. The Morgan fingerprint density at radius 3 is 2.68 bits per heavy atom. The highest BCUT2D eigenvalue weighted by Crippen LogP contribution is 2.31. The third-order valence-electron chi connectivity index (χ3n) is 4.35. The van der Waals surface area contributed by atoms with E-state index in [4.69, 9.17) is 21.4 Å². The second-order valence-corrected chi connectivity index (χ2v) is 7.46. The molecule has 0 bridgehead atoms. The van der Waals surface area contributed by atoms with Crippen molar-refractivity contribution >= 4 is 17.6 Å². The van der Waals surface area contributed by atoms with E-state index in [2.05, 4.69) is 0 Å². The fraction of sp³-hybridized carbons (Fsp3) is 0.571. The van der Waals surface area contributed by atoms with Gasteiger partial charge < -0.3 is 9.84 Å². The molecule has 7 heteroatoms. The van der Waals surface area contributed by atoms with E-state index in [9.17, 15) is 18.0 Å². The number of halogens is 4. The number of hydrogen-bond donors (Lipinski definition) is 1. The normalized spacial score (nSPS) is 19.5. The molecular weight excluding hydrogens is 393 g/mol. The van der Waals surface area contributed by atoms with Crippen LogP contribution in [-0.4, -0.2) is 23.1 Å². The molecular formula is C21H28ClF3O3. The van der Waals surface area contributed by atoms with Gasteiger partial charge in [-0.1, -0.05) is 24.3 Å². The van der Waals surface area contributed by atoms with Gasteiger partial charge in [-0.15, -0.1) is 11.6 Å². The average Bonchev–Trinajstić information content (AvgIpc) is 3.04. The van der Waals surface area contributed by atoms with Gasteiger partial charge in [0.25, 0.3) is 0 Å². The molecule has 1 aliphatic carbocycles. The van der Waals surface area contributed by atoms with E-state index in [0.717, 1.165) is 44.2 Å².